The molecule has 1 aromatic carbocycles. The Balaban J connectivity index is 1.93. The molecule has 2 aromatic rings. The summed E-state index contributed by atoms with van der Waals surface area (Å²) >= 11 is 1.40. The quantitative estimate of drug-likeness (QED) is 0.687. The van der Waals surface area contributed by atoms with Crippen LogP contribution in [0.25, 0.3) is 0 Å². The molecule has 1 unspecified atom stereocenters. The summed E-state index contributed by atoms with van der Waals surface area (Å²) in [6, 6.07) is 9.01. The Kier molecular flexibility index (Phi) is 7.67. The summed E-state index contributed by atoms with van der Waals surface area (Å²) in [5.41, 5.74) is 0.899. The van der Waals surface area contributed by atoms with Gasteiger partial charge < -0.3 is 20.1 Å². The lowest BCUT2D eigenvalue weighted by Crippen LogP contribution is -2.37. The highest BCUT2D eigenvalue weighted by Crippen LogP contribution is 2.30. The fourth-order valence-corrected chi connectivity index (χ4v) is 3.30. The maximum absolute atomic E-state index is 12.2. The predicted molar refractivity (Wildman–Crippen MR) is 107 cm³/mol. The standard InChI is InChI=1S/C20H26N2O4S/c1-5-25-16-9-8-15(11-17(16)26-6-2)14(4)22-19(23)12-21-20(24)18-10-7-13(3)27-18/h7-11,14H,5-6,12H2,1-4H3,(H,21,24)(H,22,23). The first-order chi connectivity index (χ1) is 12.9. The van der Waals surface area contributed by atoms with E-state index in [0.717, 1.165) is 10.4 Å². The molecule has 1 atom stereocenters. The third-order valence-corrected chi connectivity index (χ3v) is 4.82. The average molecular weight is 391 g/mol. The van der Waals surface area contributed by atoms with E-state index >= 15 is 0 Å². The zero-order valence-corrected chi connectivity index (χ0v) is 16.9. The fourth-order valence-electron chi connectivity index (χ4n) is 2.52. The first-order valence-corrected chi connectivity index (χ1v) is 9.79. The molecule has 2 amide bonds. The van der Waals surface area contributed by atoms with Crippen LogP contribution in [-0.2, 0) is 4.79 Å². The van der Waals surface area contributed by atoms with E-state index in [9.17, 15) is 9.59 Å². The van der Waals surface area contributed by atoms with Gasteiger partial charge in [0.05, 0.1) is 30.7 Å². The maximum Gasteiger partial charge on any atom is 0.261 e. The van der Waals surface area contributed by atoms with Crippen LogP contribution in [0, 0.1) is 6.92 Å². The predicted octanol–water partition coefficient (Wildman–Crippen LogP) is 3.46. The largest absolute Gasteiger partial charge is 0.490 e. The fraction of sp³-hybridized carbons (Fsp3) is 0.400. The Morgan fingerprint density at radius 2 is 1.78 bits per heavy atom. The van der Waals surface area contributed by atoms with Gasteiger partial charge in [0, 0.05) is 4.88 Å². The Labute approximate surface area is 163 Å². The van der Waals surface area contributed by atoms with E-state index < -0.39 is 0 Å². The van der Waals surface area contributed by atoms with Gasteiger partial charge >= 0.3 is 0 Å². The Bertz CT molecular complexity index is 788. The Hall–Kier alpha value is -2.54. The van der Waals surface area contributed by atoms with E-state index in [1.807, 2.05) is 52.0 Å². The molecular formula is C20H26N2O4S. The van der Waals surface area contributed by atoms with Crippen molar-refractivity contribution in [1.29, 1.82) is 0 Å². The minimum absolute atomic E-state index is 0.0739. The summed E-state index contributed by atoms with van der Waals surface area (Å²) in [6.45, 7) is 8.64. The topological polar surface area (TPSA) is 76.7 Å². The number of amides is 2. The van der Waals surface area contributed by atoms with E-state index in [4.69, 9.17) is 9.47 Å². The van der Waals surface area contributed by atoms with Gasteiger partial charge in [-0.1, -0.05) is 6.07 Å². The molecular weight excluding hydrogens is 364 g/mol. The number of rotatable bonds is 9. The highest BCUT2D eigenvalue weighted by Gasteiger charge is 2.15. The Morgan fingerprint density at radius 3 is 2.41 bits per heavy atom. The van der Waals surface area contributed by atoms with E-state index in [2.05, 4.69) is 10.6 Å². The smallest absolute Gasteiger partial charge is 0.261 e. The summed E-state index contributed by atoms with van der Waals surface area (Å²) in [4.78, 5) is 25.8. The van der Waals surface area contributed by atoms with Crippen LogP contribution in [-0.4, -0.2) is 31.6 Å². The first-order valence-electron chi connectivity index (χ1n) is 8.98. The number of nitrogens with one attached hydrogen (secondary N) is 2. The van der Waals surface area contributed by atoms with Crippen LogP contribution in [0.3, 0.4) is 0 Å². The van der Waals surface area contributed by atoms with E-state index in [1.165, 1.54) is 11.3 Å². The van der Waals surface area contributed by atoms with E-state index in [0.29, 0.717) is 29.6 Å². The molecule has 7 heteroatoms. The second kappa shape index (κ2) is 9.97. The molecule has 0 aliphatic carbocycles. The minimum Gasteiger partial charge on any atom is -0.490 e. The molecule has 1 heterocycles. The molecule has 146 valence electrons. The highest BCUT2D eigenvalue weighted by atomic mass is 32.1. The summed E-state index contributed by atoms with van der Waals surface area (Å²) in [5, 5.41) is 5.52. The molecule has 0 saturated heterocycles. The Morgan fingerprint density at radius 1 is 1.07 bits per heavy atom. The van der Waals surface area contributed by atoms with Crippen molar-refractivity contribution >= 4 is 23.2 Å². The van der Waals surface area contributed by atoms with Gasteiger partial charge in [-0.2, -0.15) is 0 Å². The lowest BCUT2D eigenvalue weighted by atomic mass is 10.1. The monoisotopic (exact) mass is 390 g/mol. The number of ether oxygens (including phenoxy) is 2. The first kappa shape index (κ1) is 20.8. The number of benzene rings is 1. The van der Waals surface area contributed by atoms with Crippen LogP contribution in [0.15, 0.2) is 30.3 Å². The van der Waals surface area contributed by atoms with Crippen LogP contribution in [0.5, 0.6) is 11.5 Å². The lowest BCUT2D eigenvalue weighted by molar-refractivity contribution is -0.120. The number of hydrogen-bond donors (Lipinski definition) is 2. The van der Waals surface area contributed by atoms with Gasteiger partial charge in [-0.25, -0.2) is 0 Å². The van der Waals surface area contributed by atoms with Gasteiger partial charge in [-0.05, 0) is 57.5 Å². The maximum atomic E-state index is 12.2. The van der Waals surface area contributed by atoms with Gasteiger partial charge in [-0.3, -0.25) is 9.59 Å². The molecule has 0 aliphatic heterocycles. The number of hydrogen-bond acceptors (Lipinski definition) is 5. The van der Waals surface area contributed by atoms with Crippen molar-refractivity contribution in [3.63, 3.8) is 0 Å². The molecule has 0 fully saturated rings. The molecule has 0 aliphatic rings. The second-order valence-corrected chi connectivity index (χ2v) is 7.24. The number of aryl methyl sites for hydroxylation is 1. The number of carbonyl (C=O) groups excluding carboxylic acids is 2. The van der Waals surface area contributed by atoms with E-state index in [1.54, 1.807) is 6.07 Å². The molecule has 6 nitrogen and oxygen atoms in total. The van der Waals surface area contributed by atoms with Crippen molar-refractivity contribution in [1.82, 2.24) is 10.6 Å². The molecule has 2 rings (SSSR count). The van der Waals surface area contributed by atoms with Crippen molar-refractivity contribution in [3.8, 4) is 11.5 Å². The molecule has 0 radical (unpaired) electrons. The lowest BCUT2D eigenvalue weighted by Gasteiger charge is -2.17. The third-order valence-electron chi connectivity index (χ3n) is 3.82. The molecule has 0 spiro atoms. The van der Waals surface area contributed by atoms with Crippen molar-refractivity contribution in [2.24, 2.45) is 0 Å². The molecule has 0 bridgehead atoms. The van der Waals surface area contributed by atoms with Crippen LogP contribution in [0.4, 0.5) is 0 Å². The van der Waals surface area contributed by atoms with Crippen LogP contribution in [0.2, 0.25) is 0 Å². The molecule has 27 heavy (non-hydrogen) atoms. The third kappa shape index (κ3) is 5.99. The van der Waals surface area contributed by atoms with Gasteiger partial charge in [0.25, 0.3) is 5.91 Å². The summed E-state index contributed by atoms with van der Waals surface area (Å²) < 4.78 is 11.2. The van der Waals surface area contributed by atoms with Gasteiger partial charge in [0.15, 0.2) is 11.5 Å². The van der Waals surface area contributed by atoms with E-state index in [-0.39, 0.29) is 24.4 Å². The van der Waals surface area contributed by atoms with Gasteiger partial charge in [-0.15, -0.1) is 11.3 Å². The summed E-state index contributed by atoms with van der Waals surface area (Å²) in [6.07, 6.45) is 0. The van der Waals surface area contributed by atoms with Crippen LogP contribution < -0.4 is 20.1 Å². The molecule has 0 saturated carbocycles. The second-order valence-electron chi connectivity index (χ2n) is 5.95. The average Bonchev–Trinajstić information content (AvgIpc) is 3.08. The minimum atomic E-state index is -0.254. The molecule has 1 aromatic heterocycles. The van der Waals surface area contributed by atoms with Gasteiger partial charge in [0.1, 0.15) is 0 Å². The summed E-state index contributed by atoms with van der Waals surface area (Å²) in [7, 11) is 0. The number of thiophene rings is 1. The highest BCUT2D eigenvalue weighted by molar-refractivity contribution is 7.13. The van der Waals surface area contributed by atoms with Crippen molar-refractivity contribution in [3.05, 3.63) is 45.6 Å². The van der Waals surface area contributed by atoms with Crippen molar-refractivity contribution in [2.45, 2.75) is 33.7 Å². The SMILES string of the molecule is CCOc1ccc(C(C)NC(=O)CNC(=O)c2ccc(C)s2)cc1OCC. The normalized spacial score (nSPS) is 11.6. The van der Waals surface area contributed by atoms with Gasteiger partial charge in [0.2, 0.25) is 5.91 Å². The molecule has 2 N–H and O–H groups in total. The summed E-state index contributed by atoms with van der Waals surface area (Å²) in [5.74, 6) is 0.839. The zero-order valence-electron chi connectivity index (χ0n) is 16.1. The van der Waals surface area contributed by atoms with Crippen LogP contribution in [0.1, 0.15) is 46.9 Å². The van der Waals surface area contributed by atoms with Crippen LogP contribution >= 0.6 is 11.3 Å². The zero-order chi connectivity index (χ0) is 19.8. The number of carbonyl (C=O) groups is 2. The van der Waals surface area contributed by atoms with Crippen molar-refractivity contribution < 1.29 is 19.1 Å². The van der Waals surface area contributed by atoms with Crippen molar-refractivity contribution in [2.75, 3.05) is 19.8 Å².